The molecule has 2 aromatic rings. The summed E-state index contributed by atoms with van der Waals surface area (Å²) in [5.41, 5.74) is 7.49. The Kier molecular flexibility index (Phi) is 4.70. The molecule has 3 heteroatoms. The van der Waals surface area contributed by atoms with Crippen molar-refractivity contribution in [1.29, 1.82) is 0 Å². The summed E-state index contributed by atoms with van der Waals surface area (Å²) in [7, 11) is 0. The molecule has 1 heterocycles. The van der Waals surface area contributed by atoms with Gasteiger partial charge in [0, 0.05) is 18.8 Å². The summed E-state index contributed by atoms with van der Waals surface area (Å²) < 4.78 is 1.69. The summed E-state index contributed by atoms with van der Waals surface area (Å²) in [6.07, 6.45) is 6.59. The van der Waals surface area contributed by atoms with Crippen molar-refractivity contribution in [2.45, 2.75) is 13.0 Å². The molecule has 0 spiro atoms. The van der Waals surface area contributed by atoms with E-state index in [4.69, 9.17) is 5.73 Å². The number of pyridine rings is 1. The van der Waals surface area contributed by atoms with Crippen LogP contribution >= 0.6 is 0 Å². The fourth-order valence-corrected chi connectivity index (χ4v) is 1.83. The summed E-state index contributed by atoms with van der Waals surface area (Å²) in [6.45, 7) is 1.28. The maximum atomic E-state index is 11.8. The van der Waals surface area contributed by atoms with Crippen LogP contribution in [-0.2, 0) is 6.54 Å². The zero-order valence-corrected chi connectivity index (χ0v) is 10.8. The van der Waals surface area contributed by atoms with E-state index in [0.717, 1.165) is 17.5 Å². The maximum absolute atomic E-state index is 11.8. The third kappa shape index (κ3) is 3.93. The summed E-state index contributed by atoms with van der Waals surface area (Å²) in [4.78, 5) is 11.8. The molecule has 0 saturated heterocycles. The Morgan fingerprint density at radius 2 is 1.79 bits per heavy atom. The number of rotatable bonds is 5. The fraction of sp³-hybridized carbons (Fsp3) is 0.188. The monoisotopic (exact) mass is 254 g/mol. The lowest BCUT2D eigenvalue weighted by atomic mass is 10.1. The highest BCUT2D eigenvalue weighted by Crippen LogP contribution is 2.06. The normalized spacial score (nSPS) is 11.0. The Morgan fingerprint density at radius 3 is 2.47 bits per heavy atom. The van der Waals surface area contributed by atoms with Crippen molar-refractivity contribution >= 4 is 12.2 Å². The van der Waals surface area contributed by atoms with Crippen molar-refractivity contribution < 1.29 is 0 Å². The average molecular weight is 254 g/mol. The van der Waals surface area contributed by atoms with E-state index in [-0.39, 0.29) is 5.56 Å². The van der Waals surface area contributed by atoms with Gasteiger partial charge in [-0.1, -0.05) is 42.5 Å². The van der Waals surface area contributed by atoms with E-state index in [1.165, 1.54) is 0 Å². The second-order valence-corrected chi connectivity index (χ2v) is 4.38. The lowest BCUT2D eigenvalue weighted by molar-refractivity contribution is 0.629. The van der Waals surface area contributed by atoms with Crippen molar-refractivity contribution in [3.63, 3.8) is 0 Å². The van der Waals surface area contributed by atoms with Crippen molar-refractivity contribution in [1.82, 2.24) is 4.57 Å². The number of nitrogens with zero attached hydrogens (tertiary/aromatic N) is 1. The van der Waals surface area contributed by atoms with Crippen LogP contribution in [0, 0.1) is 0 Å². The van der Waals surface area contributed by atoms with Crippen molar-refractivity contribution in [3.8, 4) is 0 Å². The first kappa shape index (κ1) is 13.3. The lowest BCUT2D eigenvalue weighted by Gasteiger charge is -2.04. The smallest absolute Gasteiger partial charge is 0.251 e. The van der Waals surface area contributed by atoms with Crippen LogP contribution in [0.4, 0.5) is 0 Å². The first-order valence-corrected chi connectivity index (χ1v) is 6.43. The molecule has 0 saturated carbocycles. The van der Waals surface area contributed by atoms with Crippen LogP contribution in [0.25, 0.3) is 12.2 Å². The number of aryl methyl sites for hydroxylation is 1. The van der Waals surface area contributed by atoms with Gasteiger partial charge in [-0.3, -0.25) is 4.79 Å². The minimum atomic E-state index is 0.0173. The van der Waals surface area contributed by atoms with Crippen LogP contribution in [-0.4, -0.2) is 11.1 Å². The van der Waals surface area contributed by atoms with Crippen molar-refractivity contribution in [3.05, 3.63) is 70.1 Å². The molecule has 0 aliphatic carbocycles. The molecule has 0 radical (unpaired) electrons. The van der Waals surface area contributed by atoms with Gasteiger partial charge in [0.15, 0.2) is 0 Å². The quantitative estimate of drug-likeness (QED) is 0.890. The fourth-order valence-electron chi connectivity index (χ4n) is 1.83. The molecule has 0 amide bonds. The van der Waals surface area contributed by atoms with Gasteiger partial charge in [-0.15, -0.1) is 0 Å². The molecule has 3 nitrogen and oxygen atoms in total. The average Bonchev–Trinajstić information content (AvgIpc) is 2.45. The second kappa shape index (κ2) is 6.71. The Labute approximate surface area is 113 Å². The molecule has 1 aromatic carbocycles. The molecule has 0 atom stereocenters. The molecule has 98 valence electrons. The zero-order chi connectivity index (χ0) is 13.5. The molecule has 0 aliphatic rings. The predicted octanol–water partition coefficient (Wildman–Crippen LogP) is 2.37. The third-order valence-corrected chi connectivity index (χ3v) is 2.89. The second-order valence-electron chi connectivity index (χ2n) is 4.38. The van der Waals surface area contributed by atoms with Gasteiger partial charge in [0.05, 0.1) is 0 Å². The number of nitrogens with two attached hydrogens (primary N) is 1. The Morgan fingerprint density at radius 1 is 1.05 bits per heavy atom. The standard InChI is InChI=1S/C16H18N2O/c17-10-4-11-18-12-9-15(13-16(18)19)8-7-14-5-2-1-3-6-14/h1-3,5-9,12-13H,4,10-11,17H2/b8-7+. The van der Waals surface area contributed by atoms with Gasteiger partial charge in [0.2, 0.25) is 0 Å². The highest BCUT2D eigenvalue weighted by molar-refractivity contribution is 5.69. The molecular weight excluding hydrogens is 236 g/mol. The van der Waals surface area contributed by atoms with Gasteiger partial charge in [-0.2, -0.15) is 0 Å². The summed E-state index contributed by atoms with van der Waals surface area (Å²) in [5, 5.41) is 0. The molecule has 0 aliphatic heterocycles. The van der Waals surface area contributed by atoms with Crippen LogP contribution in [0.5, 0.6) is 0 Å². The van der Waals surface area contributed by atoms with E-state index < -0.39 is 0 Å². The summed E-state index contributed by atoms with van der Waals surface area (Å²) >= 11 is 0. The Bertz CT molecular complexity index is 600. The van der Waals surface area contributed by atoms with E-state index >= 15 is 0 Å². The number of hydrogen-bond donors (Lipinski definition) is 1. The Hall–Kier alpha value is -2.13. The molecule has 1 aromatic heterocycles. The minimum Gasteiger partial charge on any atom is -0.330 e. The SMILES string of the molecule is NCCCn1ccc(/C=C/c2ccccc2)cc1=O. The molecular formula is C16H18N2O. The van der Waals surface area contributed by atoms with Gasteiger partial charge in [0.1, 0.15) is 0 Å². The summed E-state index contributed by atoms with van der Waals surface area (Å²) in [5.74, 6) is 0. The number of benzene rings is 1. The van der Waals surface area contributed by atoms with Crippen LogP contribution in [0.2, 0.25) is 0 Å². The Balaban J connectivity index is 2.12. The highest BCUT2D eigenvalue weighted by Gasteiger charge is 1.96. The van der Waals surface area contributed by atoms with Crippen LogP contribution in [0.1, 0.15) is 17.5 Å². The highest BCUT2D eigenvalue weighted by atomic mass is 16.1. The van der Waals surface area contributed by atoms with E-state index in [9.17, 15) is 4.79 Å². The van der Waals surface area contributed by atoms with E-state index in [2.05, 4.69) is 0 Å². The van der Waals surface area contributed by atoms with Crippen LogP contribution in [0.15, 0.2) is 53.5 Å². The van der Waals surface area contributed by atoms with Crippen molar-refractivity contribution in [2.24, 2.45) is 5.73 Å². The van der Waals surface area contributed by atoms with E-state index in [1.807, 2.05) is 54.7 Å². The molecule has 0 fully saturated rings. The molecule has 0 unspecified atom stereocenters. The maximum Gasteiger partial charge on any atom is 0.251 e. The van der Waals surface area contributed by atoms with Gasteiger partial charge in [-0.05, 0) is 30.2 Å². The zero-order valence-electron chi connectivity index (χ0n) is 10.8. The first-order chi connectivity index (χ1) is 9.29. The lowest BCUT2D eigenvalue weighted by Crippen LogP contribution is -2.20. The molecule has 2 rings (SSSR count). The van der Waals surface area contributed by atoms with Gasteiger partial charge in [0.25, 0.3) is 5.56 Å². The van der Waals surface area contributed by atoms with Gasteiger partial charge in [-0.25, -0.2) is 0 Å². The first-order valence-electron chi connectivity index (χ1n) is 6.43. The minimum absolute atomic E-state index is 0.0173. The van der Waals surface area contributed by atoms with Gasteiger partial charge < -0.3 is 10.3 Å². The third-order valence-electron chi connectivity index (χ3n) is 2.89. The predicted molar refractivity (Wildman–Crippen MR) is 79.7 cm³/mol. The number of hydrogen-bond acceptors (Lipinski definition) is 2. The van der Waals surface area contributed by atoms with E-state index in [1.54, 1.807) is 10.6 Å². The van der Waals surface area contributed by atoms with Crippen molar-refractivity contribution in [2.75, 3.05) is 6.54 Å². The van der Waals surface area contributed by atoms with Gasteiger partial charge >= 0.3 is 0 Å². The molecule has 19 heavy (non-hydrogen) atoms. The molecule has 0 bridgehead atoms. The topological polar surface area (TPSA) is 48.0 Å². The van der Waals surface area contributed by atoms with Crippen LogP contribution < -0.4 is 11.3 Å². The largest absolute Gasteiger partial charge is 0.330 e. The number of aromatic nitrogens is 1. The molecule has 2 N–H and O–H groups in total. The van der Waals surface area contributed by atoms with Crippen LogP contribution in [0.3, 0.4) is 0 Å². The summed E-state index contributed by atoms with van der Waals surface area (Å²) in [6, 6.07) is 13.6. The van der Waals surface area contributed by atoms with E-state index in [0.29, 0.717) is 13.1 Å².